The molecule has 2 heterocycles. The van der Waals surface area contributed by atoms with Gasteiger partial charge in [-0.25, -0.2) is 9.37 Å². The first kappa shape index (κ1) is 23.2. The Morgan fingerprint density at radius 3 is 2.40 bits per heavy atom. The van der Waals surface area contributed by atoms with Gasteiger partial charge in [-0.15, -0.1) is 0 Å². The van der Waals surface area contributed by atoms with Crippen LogP contribution >= 0.6 is 12.2 Å². The van der Waals surface area contributed by atoms with Crippen molar-refractivity contribution >= 4 is 45.3 Å². The molecular formula is C28H27FN4OS. The first-order valence-electron chi connectivity index (χ1n) is 11.7. The van der Waals surface area contributed by atoms with E-state index >= 15 is 0 Å². The highest BCUT2D eigenvalue weighted by molar-refractivity contribution is 7.80. The van der Waals surface area contributed by atoms with Gasteiger partial charge in [0.05, 0.1) is 11.9 Å². The zero-order chi connectivity index (χ0) is 24.1. The lowest BCUT2D eigenvalue weighted by atomic mass is 9.74. The number of anilines is 3. The summed E-state index contributed by atoms with van der Waals surface area (Å²) in [5.41, 5.74) is 2.73. The van der Waals surface area contributed by atoms with Crippen molar-refractivity contribution in [3.05, 3.63) is 96.4 Å². The number of thiocarbonyl (C=S) groups is 1. The number of nitrogens with one attached hydrogen (secondary N) is 3. The lowest BCUT2D eigenvalue weighted by Gasteiger charge is -2.38. The van der Waals surface area contributed by atoms with E-state index in [1.807, 2.05) is 42.5 Å². The van der Waals surface area contributed by atoms with Crippen LogP contribution in [-0.4, -0.2) is 29.9 Å². The third kappa shape index (κ3) is 5.58. The maximum Gasteiger partial charge on any atom is 0.170 e. The maximum atomic E-state index is 13.5. The largest absolute Gasteiger partial charge is 0.381 e. The van der Waals surface area contributed by atoms with Crippen molar-refractivity contribution in [1.29, 1.82) is 0 Å². The number of fused-ring (bicyclic) bond motifs is 1. The Balaban J connectivity index is 1.19. The fourth-order valence-electron chi connectivity index (χ4n) is 4.51. The van der Waals surface area contributed by atoms with Crippen LogP contribution in [0.5, 0.6) is 0 Å². The molecule has 0 atom stereocenters. The molecule has 1 aromatic heterocycles. The second-order valence-electron chi connectivity index (χ2n) is 8.83. The second-order valence-corrected chi connectivity index (χ2v) is 9.23. The topological polar surface area (TPSA) is 58.2 Å². The fraction of sp³-hybridized carbons (Fsp3) is 0.214. The number of nitrogens with zero attached hydrogens (tertiary/aromatic N) is 1. The molecule has 0 aliphatic carbocycles. The van der Waals surface area contributed by atoms with Crippen LogP contribution in [0.2, 0.25) is 0 Å². The summed E-state index contributed by atoms with van der Waals surface area (Å²) in [6.45, 7) is 1.99. The Bertz CT molecular complexity index is 1300. The van der Waals surface area contributed by atoms with Crippen LogP contribution in [0.25, 0.3) is 10.8 Å². The highest BCUT2D eigenvalue weighted by atomic mass is 32.1. The number of hydrogen-bond acceptors (Lipinski definition) is 4. The van der Waals surface area contributed by atoms with Crippen LogP contribution in [0.4, 0.5) is 21.6 Å². The standard InChI is InChI=1S/C28H27FN4OS/c29-23-8-6-22(7-9-23)28(13-15-34-16-14-28)19-31-27(35)33-25-11-12-26(30-18-25)32-24-10-5-20-3-1-2-4-21(20)17-24/h1-12,17-18H,13-16,19H2,(H,30,32)(H2,31,33,35). The highest BCUT2D eigenvalue weighted by Gasteiger charge is 2.34. The molecule has 0 saturated carbocycles. The summed E-state index contributed by atoms with van der Waals surface area (Å²) in [5, 5.41) is 12.8. The summed E-state index contributed by atoms with van der Waals surface area (Å²) in [7, 11) is 0. The molecule has 178 valence electrons. The molecular weight excluding hydrogens is 459 g/mol. The van der Waals surface area contributed by atoms with E-state index in [0.717, 1.165) is 35.6 Å². The van der Waals surface area contributed by atoms with Gasteiger partial charge in [0.1, 0.15) is 11.6 Å². The van der Waals surface area contributed by atoms with Crippen molar-refractivity contribution in [2.75, 3.05) is 30.4 Å². The molecule has 3 N–H and O–H groups in total. The van der Waals surface area contributed by atoms with Crippen molar-refractivity contribution < 1.29 is 9.13 Å². The molecule has 5 nitrogen and oxygen atoms in total. The molecule has 35 heavy (non-hydrogen) atoms. The van der Waals surface area contributed by atoms with Crippen molar-refractivity contribution in [2.24, 2.45) is 0 Å². The van der Waals surface area contributed by atoms with E-state index in [0.29, 0.717) is 24.9 Å². The molecule has 0 bridgehead atoms. The maximum absolute atomic E-state index is 13.5. The molecule has 0 amide bonds. The summed E-state index contributed by atoms with van der Waals surface area (Å²) in [6, 6.07) is 25.1. The highest BCUT2D eigenvalue weighted by Crippen LogP contribution is 2.34. The zero-order valence-corrected chi connectivity index (χ0v) is 20.1. The zero-order valence-electron chi connectivity index (χ0n) is 19.3. The molecule has 0 unspecified atom stereocenters. The molecule has 1 aliphatic rings. The summed E-state index contributed by atoms with van der Waals surface area (Å²) in [4.78, 5) is 4.51. The predicted molar refractivity (Wildman–Crippen MR) is 144 cm³/mol. The quantitative estimate of drug-likeness (QED) is 0.284. The third-order valence-corrected chi connectivity index (χ3v) is 6.78. The van der Waals surface area contributed by atoms with E-state index in [2.05, 4.69) is 45.2 Å². The second kappa shape index (κ2) is 10.4. The molecule has 4 aromatic rings. The number of halogens is 1. The van der Waals surface area contributed by atoms with E-state index < -0.39 is 0 Å². The average Bonchev–Trinajstić information content (AvgIpc) is 2.89. The minimum atomic E-state index is -0.229. The van der Waals surface area contributed by atoms with Crippen LogP contribution < -0.4 is 16.0 Å². The Morgan fingerprint density at radius 2 is 1.66 bits per heavy atom. The van der Waals surface area contributed by atoms with Gasteiger partial charge < -0.3 is 20.7 Å². The normalized spacial score (nSPS) is 14.9. The first-order chi connectivity index (χ1) is 17.1. The van der Waals surface area contributed by atoms with E-state index in [4.69, 9.17) is 17.0 Å². The monoisotopic (exact) mass is 486 g/mol. The Labute approximate surface area is 209 Å². The van der Waals surface area contributed by atoms with Crippen LogP contribution in [-0.2, 0) is 10.2 Å². The third-order valence-electron chi connectivity index (χ3n) is 6.54. The number of pyridine rings is 1. The molecule has 7 heteroatoms. The molecule has 3 aromatic carbocycles. The lowest BCUT2D eigenvalue weighted by molar-refractivity contribution is 0.0515. The van der Waals surface area contributed by atoms with Crippen molar-refractivity contribution in [1.82, 2.24) is 10.3 Å². The van der Waals surface area contributed by atoms with Gasteiger partial charge in [-0.1, -0.05) is 42.5 Å². The van der Waals surface area contributed by atoms with Gasteiger partial charge in [0.25, 0.3) is 0 Å². The SMILES string of the molecule is Fc1ccc(C2(CNC(=S)Nc3ccc(Nc4ccc5ccccc5c4)nc3)CCOCC2)cc1. The van der Waals surface area contributed by atoms with E-state index in [9.17, 15) is 4.39 Å². The molecule has 5 rings (SSSR count). The van der Waals surface area contributed by atoms with Crippen molar-refractivity contribution in [3.63, 3.8) is 0 Å². The number of ether oxygens (including phenoxy) is 1. The van der Waals surface area contributed by atoms with Crippen LogP contribution in [0.15, 0.2) is 85.1 Å². The van der Waals surface area contributed by atoms with E-state index in [1.54, 1.807) is 6.20 Å². The number of benzene rings is 3. The van der Waals surface area contributed by atoms with E-state index in [1.165, 1.54) is 22.9 Å². The van der Waals surface area contributed by atoms with Crippen LogP contribution in [0.3, 0.4) is 0 Å². The molecule has 1 aliphatic heterocycles. The molecule has 0 spiro atoms. The minimum Gasteiger partial charge on any atom is -0.381 e. The van der Waals surface area contributed by atoms with Crippen molar-refractivity contribution in [2.45, 2.75) is 18.3 Å². The first-order valence-corrected chi connectivity index (χ1v) is 12.1. The van der Waals surface area contributed by atoms with Gasteiger partial charge in [0.15, 0.2) is 5.11 Å². The summed E-state index contributed by atoms with van der Waals surface area (Å²) in [6.07, 6.45) is 3.46. The predicted octanol–water partition coefficient (Wildman–Crippen LogP) is 6.15. The summed E-state index contributed by atoms with van der Waals surface area (Å²) >= 11 is 5.55. The van der Waals surface area contributed by atoms with Gasteiger partial charge in [0.2, 0.25) is 0 Å². The van der Waals surface area contributed by atoms with Crippen LogP contribution in [0, 0.1) is 5.82 Å². The van der Waals surface area contributed by atoms with Crippen LogP contribution in [0.1, 0.15) is 18.4 Å². The van der Waals surface area contributed by atoms with Gasteiger partial charge in [-0.2, -0.15) is 0 Å². The Kier molecular flexibility index (Phi) is 6.88. The summed E-state index contributed by atoms with van der Waals surface area (Å²) < 4.78 is 19.0. The van der Waals surface area contributed by atoms with Gasteiger partial charge in [-0.05, 0) is 77.8 Å². The molecule has 1 saturated heterocycles. The number of hydrogen-bond donors (Lipinski definition) is 3. The average molecular weight is 487 g/mol. The Hall–Kier alpha value is -3.55. The van der Waals surface area contributed by atoms with E-state index in [-0.39, 0.29) is 11.2 Å². The van der Waals surface area contributed by atoms with Gasteiger partial charge in [0, 0.05) is 30.9 Å². The lowest BCUT2D eigenvalue weighted by Crippen LogP contribution is -2.45. The Morgan fingerprint density at radius 1 is 0.914 bits per heavy atom. The molecule has 0 radical (unpaired) electrons. The van der Waals surface area contributed by atoms with Crippen molar-refractivity contribution in [3.8, 4) is 0 Å². The molecule has 1 fully saturated rings. The smallest absolute Gasteiger partial charge is 0.170 e. The number of rotatable bonds is 6. The van der Waals surface area contributed by atoms with Gasteiger partial charge in [-0.3, -0.25) is 0 Å². The summed E-state index contributed by atoms with van der Waals surface area (Å²) in [5.74, 6) is 0.523. The minimum absolute atomic E-state index is 0.149. The van der Waals surface area contributed by atoms with Gasteiger partial charge >= 0.3 is 0 Å². The number of aromatic nitrogens is 1. The fourth-order valence-corrected chi connectivity index (χ4v) is 4.70.